The number of thiazole rings is 1. The van der Waals surface area contributed by atoms with Crippen molar-refractivity contribution in [3.63, 3.8) is 0 Å². The Morgan fingerprint density at radius 3 is 3.11 bits per heavy atom. The van der Waals surface area contributed by atoms with Crippen LogP contribution in [0.2, 0.25) is 0 Å². The molecule has 0 unspecified atom stereocenters. The molecule has 0 spiro atoms. The van der Waals surface area contributed by atoms with E-state index in [9.17, 15) is 4.79 Å². The predicted octanol–water partition coefficient (Wildman–Crippen LogP) is 1.03. The first-order valence-corrected chi connectivity index (χ1v) is 6.78. The number of hydrogen-bond acceptors (Lipinski definition) is 5. The number of hydrogen-bond donors (Lipinski definition) is 2. The second-order valence-corrected chi connectivity index (χ2v) is 5.56. The lowest BCUT2D eigenvalue weighted by Crippen LogP contribution is -2.31. The highest BCUT2D eigenvalue weighted by Gasteiger charge is 2.20. The summed E-state index contributed by atoms with van der Waals surface area (Å²) in [5.41, 5.74) is 1.92. The Labute approximate surface area is 108 Å². The van der Waals surface area contributed by atoms with Crippen molar-refractivity contribution in [3.8, 4) is 0 Å². The summed E-state index contributed by atoms with van der Waals surface area (Å²) in [5.74, 6) is 0.145. The molecule has 3 heterocycles. The number of nitrogens with zero attached hydrogens (tertiary/aromatic N) is 3. The van der Waals surface area contributed by atoms with Crippen LogP contribution in [0.15, 0.2) is 0 Å². The molecule has 1 fully saturated rings. The summed E-state index contributed by atoms with van der Waals surface area (Å²) in [4.78, 5) is 15.6. The van der Waals surface area contributed by atoms with Crippen molar-refractivity contribution in [2.75, 3.05) is 11.9 Å². The molecule has 6 nitrogen and oxygen atoms in total. The lowest BCUT2D eigenvalue weighted by atomic mass is 10.2. The Bertz CT molecular complexity index is 567. The second-order valence-electron chi connectivity index (χ2n) is 4.56. The molecule has 2 aromatic heterocycles. The minimum atomic E-state index is 0.145. The Morgan fingerprint density at radius 1 is 1.61 bits per heavy atom. The highest BCUT2D eigenvalue weighted by molar-refractivity contribution is 7.22. The number of amides is 1. The fourth-order valence-corrected chi connectivity index (χ4v) is 3.14. The van der Waals surface area contributed by atoms with E-state index in [4.69, 9.17) is 0 Å². The SMILES string of the molecule is Cc1nn(C)c2nc(NC[C@H]3CCC(=O)N3)sc12. The first-order valence-electron chi connectivity index (χ1n) is 5.97. The predicted molar refractivity (Wildman–Crippen MR) is 70.8 cm³/mol. The molecule has 3 rings (SSSR count). The highest BCUT2D eigenvalue weighted by atomic mass is 32.1. The smallest absolute Gasteiger partial charge is 0.220 e. The third-order valence-corrected chi connectivity index (χ3v) is 4.24. The van der Waals surface area contributed by atoms with E-state index in [0.717, 1.165) is 34.1 Å². The molecule has 0 aliphatic carbocycles. The number of aryl methyl sites for hydroxylation is 2. The van der Waals surface area contributed by atoms with Crippen molar-refractivity contribution in [1.29, 1.82) is 0 Å². The molecular formula is C11H15N5OS. The van der Waals surface area contributed by atoms with Crippen LogP contribution in [0.3, 0.4) is 0 Å². The first kappa shape index (κ1) is 11.5. The van der Waals surface area contributed by atoms with Crippen LogP contribution in [0, 0.1) is 6.92 Å². The summed E-state index contributed by atoms with van der Waals surface area (Å²) in [6.45, 7) is 2.72. The maximum atomic E-state index is 11.1. The molecule has 2 aromatic rings. The van der Waals surface area contributed by atoms with Crippen LogP contribution in [0.4, 0.5) is 5.13 Å². The van der Waals surface area contributed by atoms with Crippen LogP contribution in [-0.4, -0.2) is 33.3 Å². The molecule has 96 valence electrons. The Hall–Kier alpha value is -1.63. The van der Waals surface area contributed by atoms with Gasteiger partial charge in [-0.1, -0.05) is 11.3 Å². The van der Waals surface area contributed by atoms with Crippen LogP contribution >= 0.6 is 11.3 Å². The van der Waals surface area contributed by atoms with Gasteiger partial charge in [0.25, 0.3) is 0 Å². The van der Waals surface area contributed by atoms with Crippen molar-refractivity contribution in [3.05, 3.63) is 5.69 Å². The van der Waals surface area contributed by atoms with Gasteiger partial charge in [-0.25, -0.2) is 9.67 Å². The Kier molecular flexibility index (Phi) is 2.70. The monoisotopic (exact) mass is 265 g/mol. The van der Waals surface area contributed by atoms with E-state index in [1.807, 2.05) is 14.0 Å². The average molecular weight is 265 g/mol. The van der Waals surface area contributed by atoms with E-state index in [1.165, 1.54) is 0 Å². The summed E-state index contributed by atoms with van der Waals surface area (Å²) < 4.78 is 2.92. The summed E-state index contributed by atoms with van der Waals surface area (Å²) in [5, 5.41) is 11.4. The lowest BCUT2D eigenvalue weighted by molar-refractivity contribution is -0.119. The minimum absolute atomic E-state index is 0.145. The zero-order valence-electron chi connectivity index (χ0n) is 10.4. The molecular weight excluding hydrogens is 250 g/mol. The van der Waals surface area contributed by atoms with Crippen molar-refractivity contribution >= 4 is 32.7 Å². The molecule has 0 radical (unpaired) electrons. The molecule has 0 aromatic carbocycles. The van der Waals surface area contributed by atoms with Crippen molar-refractivity contribution < 1.29 is 4.79 Å². The van der Waals surface area contributed by atoms with Gasteiger partial charge in [-0.3, -0.25) is 4.79 Å². The normalized spacial score (nSPS) is 19.4. The molecule has 1 atom stereocenters. The number of rotatable bonds is 3. The van der Waals surface area contributed by atoms with Crippen molar-refractivity contribution in [2.24, 2.45) is 7.05 Å². The summed E-state index contributed by atoms with van der Waals surface area (Å²) in [6, 6.07) is 0.226. The van der Waals surface area contributed by atoms with Gasteiger partial charge in [0, 0.05) is 26.1 Å². The largest absolute Gasteiger partial charge is 0.359 e. The third-order valence-electron chi connectivity index (χ3n) is 3.13. The van der Waals surface area contributed by atoms with E-state index >= 15 is 0 Å². The molecule has 1 amide bonds. The van der Waals surface area contributed by atoms with E-state index in [0.29, 0.717) is 6.42 Å². The van der Waals surface area contributed by atoms with E-state index in [2.05, 4.69) is 20.7 Å². The number of nitrogens with one attached hydrogen (secondary N) is 2. The number of carbonyl (C=O) groups excluding carboxylic acids is 1. The zero-order chi connectivity index (χ0) is 12.7. The van der Waals surface area contributed by atoms with Gasteiger partial charge in [-0.15, -0.1) is 0 Å². The molecule has 0 saturated carbocycles. The fourth-order valence-electron chi connectivity index (χ4n) is 2.20. The number of fused-ring (bicyclic) bond motifs is 1. The van der Waals surface area contributed by atoms with Gasteiger partial charge >= 0.3 is 0 Å². The van der Waals surface area contributed by atoms with Gasteiger partial charge < -0.3 is 10.6 Å². The first-order chi connectivity index (χ1) is 8.63. The highest BCUT2D eigenvalue weighted by Crippen LogP contribution is 2.28. The molecule has 7 heteroatoms. The standard InChI is InChI=1S/C11H15N5OS/c1-6-9-10(16(2)15-6)14-11(18-9)12-5-7-3-4-8(17)13-7/h7H,3-5H2,1-2H3,(H,12,14)(H,13,17)/t7-/m1/s1. The van der Waals surface area contributed by atoms with Crippen LogP contribution in [0.25, 0.3) is 10.3 Å². The van der Waals surface area contributed by atoms with Gasteiger partial charge in [0.15, 0.2) is 10.8 Å². The molecule has 1 saturated heterocycles. The van der Waals surface area contributed by atoms with E-state index < -0.39 is 0 Å². The minimum Gasteiger partial charge on any atom is -0.359 e. The maximum Gasteiger partial charge on any atom is 0.220 e. The molecule has 18 heavy (non-hydrogen) atoms. The maximum absolute atomic E-state index is 11.1. The van der Waals surface area contributed by atoms with Gasteiger partial charge in [-0.05, 0) is 13.3 Å². The Morgan fingerprint density at radius 2 is 2.44 bits per heavy atom. The summed E-state index contributed by atoms with van der Waals surface area (Å²) in [7, 11) is 1.90. The van der Waals surface area contributed by atoms with Crippen LogP contribution in [-0.2, 0) is 11.8 Å². The van der Waals surface area contributed by atoms with Crippen LogP contribution in [0.5, 0.6) is 0 Å². The zero-order valence-corrected chi connectivity index (χ0v) is 11.2. The third kappa shape index (κ3) is 1.94. The quantitative estimate of drug-likeness (QED) is 0.869. The average Bonchev–Trinajstić information content (AvgIpc) is 2.97. The van der Waals surface area contributed by atoms with Gasteiger partial charge in [-0.2, -0.15) is 5.10 Å². The van der Waals surface area contributed by atoms with Gasteiger partial charge in [0.05, 0.1) is 10.4 Å². The van der Waals surface area contributed by atoms with Crippen LogP contribution in [0.1, 0.15) is 18.5 Å². The molecule has 1 aliphatic heterocycles. The van der Waals surface area contributed by atoms with E-state index in [1.54, 1.807) is 16.0 Å². The number of anilines is 1. The Balaban J connectivity index is 1.71. The van der Waals surface area contributed by atoms with E-state index in [-0.39, 0.29) is 11.9 Å². The summed E-state index contributed by atoms with van der Waals surface area (Å²) >= 11 is 1.61. The fraction of sp³-hybridized carbons (Fsp3) is 0.545. The lowest BCUT2D eigenvalue weighted by Gasteiger charge is -2.09. The topological polar surface area (TPSA) is 71.8 Å². The van der Waals surface area contributed by atoms with Crippen molar-refractivity contribution in [1.82, 2.24) is 20.1 Å². The number of aromatic nitrogens is 3. The van der Waals surface area contributed by atoms with Crippen molar-refractivity contribution in [2.45, 2.75) is 25.8 Å². The van der Waals surface area contributed by atoms with Gasteiger partial charge in [0.2, 0.25) is 5.91 Å². The summed E-state index contributed by atoms with van der Waals surface area (Å²) in [6.07, 6.45) is 1.53. The number of carbonyl (C=O) groups is 1. The molecule has 1 aliphatic rings. The molecule has 2 N–H and O–H groups in total. The second kappa shape index (κ2) is 4.24. The van der Waals surface area contributed by atoms with Crippen LogP contribution < -0.4 is 10.6 Å². The van der Waals surface area contributed by atoms with Gasteiger partial charge in [0.1, 0.15) is 0 Å². The molecule has 0 bridgehead atoms.